The van der Waals surface area contributed by atoms with Crippen molar-refractivity contribution in [2.24, 2.45) is 0 Å². The highest BCUT2D eigenvalue weighted by Crippen LogP contribution is 2.22. The molecule has 0 saturated heterocycles. The van der Waals surface area contributed by atoms with Gasteiger partial charge in [0.05, 0.1) is 0 Å². The predicted octanol–water partition coefficient (Wildman–Crippen LogP) is 4.08. The molecule has 1 atom stereocenters. The van der Waals surface area contributed by atoms with Crippen molar-refractivity contribution in [2.45, 2.75) is 58.5 Å². The molecule has 0 spiro atoms. The van der Waals surface area contributed by atoms with Crippen LogP contribution in [0.1, 0.15) is 50.8 Å². The van der Waals surface area contributed by atoms with Crippen LogP contribution in [0.4, 0.5) is 0 Å². The van der Waals surface area contributed by atoms with Crippen LogP contribution in [0.2, 0.25) is 0 Å². The molecule has 28 heavy (non-hydrogen) atoms. The summed E-state index contributed by atoms with van der Waals surface area (Å²) < 4.78 is 0. The molecule has 2 aromatic carbocycles. The second-order valence-electron chi connectivity index (χ2n) is 8.24. The molecule has 0 radical (unpaired) electrons. The highest BCUT2D eigenvalue weighted by molar-refractivity contribution is 5.87. The van der Waals surface area contributed by atoms with E-state index in [0.717, 1.165) is 11.1 Å². The van der Waals surface area contributed by atoms with Gasteiger partial charge in [-0.1, -0.05) is 75.4 Å². The molecule has 0 aliphatic rings. The van der Waals surface area contributed by atoms with Gasteiger partial charge in [-0.05, 0) is 35.4 Å². The molecule has 0 saturated carbocycles. The van der Waals surface area contributed by atoms with E-state index in [1.807, 2.05) is 30.3 Å². The zero-order valence-corrected chi connectivity index (χ0v) is 17.7. The lowest BCUT2D eigenvalue weighted by Gasteiger charge is -2.28. The molecular weight excluding hydrogens is 348 g/mol. The van der Waals surface area contributed by atoms with E-state index in [4.69, 9.17) is 0 Å². The molecular formula is C24H32N2O2. The molecule has 0 bridgehead atoms. The number of carbonyl (C=O) groups is 2. The number of benzene rings is 2. The van der Waals surface area contributed by atoms with Crippen LogP contribution in [0.3, 0.4) is 0 Å². The Balaban J connectivity index is 2.08. The number of hydrogen-bond acceptors (Lipinski definition) is 2. The number of hydrogen-bond donors (Lipinski definition) is 1. The monoisotopic (exact) mass is 380 g/mol. The van der Waals surface area contributed by atoms with Gasteiger partial charge in [0, 0.05) is 20.0 Å². The lowest BCUT2D eigenvalue weighted by atomic mass is 9.86. The Morgan fingerprint density at radius 3 is 2.11 bits per heavy atom. The Hall–Kier alpha value is -2.62. The van der Waals surface area contributed by atoms with E-state index in [1.165, 1.54) is 5.56 Å². The van der Waals surface area contributed by atoms with Crippen molar-refractivity contribution in [3.63, 3.8) is 0 Å². The van der Waals surface area contributed by atoms with Crippen LogP contribution in [-0.2, 0) is 28.0 Å². The summed E-state index contributed by atoms with van der Waals surface area (Å²) in [6, 6.07) is 17.7. The largest absolute Gasteiger partial charge is 0.357 e. The van der Waals surface area contributed by atoms with Crippen LogP contribution in [0.15, 0.2) is 54.6 Å². The maximum absolute atomic E-state index is 13.0. The summed E-state index contributed by atoms with van der Waals surface area (Å²) in [6.07, 6.45) is 1.04. The summed E-state index contributed by atoms with van der Waals surface area (Å²) >= 11 is 0. The second-order valence-corrected chi connectivity index (χ2v) is 8.24. The molecule has 1 N–H and O–H groups in total. The van der Waals surface area contributed by atoms with Gasteiger partial charge in [-0.25, -0.2) is 0 Å². The number of nitrogens with zero attached hydrogens (tertiary/aromatic N) is 1. The van der Waals surface area contributed by atoms with Gasteiger partial charge in [-0.3, -0.25) is 9.59 Å². The van der Waals surface area contributed by atoms with E-state index in [2.05, 4.69) is 50.4 Å². The first-order valence-corrected chi connectivity index (χ1v) is 9.87. The maximum atomic E-state index is 13.0. The van der Waals surface area contributed by atoms with E-state index >= 15 is 0 Å². The van der Waals surface area contributed by atoms with Gasteiger partial charge in [0.2, 0.25) is 11.8 Å². The minimum Gasteiger partial charge on any atom is -0.357 e. The summed E-state index contributed by atoms with van der Waals surface area (Å²) in [4.78, 5) is 26.8. The molecule has 2 rings (SSSR count). The Morgan fingerprint density at radius 1 is 0.964 bits per heavy atom. The fraction of sp³-hybridized carbons (Fsp3) is 0.417. The highest BCUT2D eigenvalue weighted by atomic mass is 16.2. The van der Waals surface area contributed by atoms with Crippen molar-refractivity contribution in [1.29, 1.82) is 0 Å². The van der Waals surface area contributed by atoms with E-state index in [1.54, 1.807) is 18.9 Å². The number of carbonyl (C=O) groups excluding carboxylic acids is 2. The standard InChI is InChI=1S/C24H32N2O2/c1-18(23(28)25-5)26(17-20-9-7-6-8-10-20)22(27)16-13-19-11-14-21(15-12-19)24(2,3)4/h6-12,14-15,18H,13,16-17H2,1-5H3,(H,25,28). The molecule has 0 fully saturated rings. The third-order valence-corrected chi connectivity index (χ3v) is 5.06. The van der Waals surface area contributed by atoms with Crippen LogP contribution in [0.5, 0.6) is 0 Å². The summed E-state index contributed by atoms with van der Waals surface area (Å²) in [7, 11) is 1.60. The smallest absolute Gasteiger partial charge is 0.242 e. The lowest BCUT2D eigenvalue weighted by Crippen LogP contribution is -2.46. The summed E-state index contributed by atoms with van der Waals surface area (Å²) in [5, 5.41) is 2.65. The zero-order chi connectivity index (χ0) is 20.7. The number of aryl methyl sites for hydroxylation is 1. The van der Waals surface area contributed by atoms with Crippen LogP contribution < -0.4 is 5.32 Å². The average molecular weight is 381 g/mol. The number of likely N-dealkylation sites (N-methyl/N-ethyl adjacent to an activating group) is 1. The van der Waals surface area contributed by atoms with Gasteiger partial charge < -0.3 is 10.2 Å². The molecule has 150 valence electrons. The highest BCUT2D eigenvalue weighted by Gasteiger charge is 2.25. The lowest BCUT2D eigenvalue weighted by molar-refractivity contribution is -0.140. The first-order chi connectivity index (χ1) is 13.2. The number of amides is 2. The fourth-order valence-electron chi connectivity index (χ4n) is 3.14. The summed E-state index contributed by atoms with van der Waals surface area (Å²) in [5.41, 5.74) is 3.54. The van der Waals surface area contributed by atoms with E-state index in [-0.39, 0.29) is 17.2 Å². The topological polar surface area (TPSA) is 49.4 Å². The third-order valence-electron chi connectivity index (χ3n) is 5.06. The quantitative estimate of drug-likeness (QED) is 0.787. The SMILES string of the molecule is CNC(=O)C(C)N(Cc1ccccc1)C(=O)CCc1ccc(C(C)(C)C)cc1. The number of rotatable bonds is 7. The van der Waals surface area contributed by atoms with Crippen molar-refractivity contribution in [2.75, 3.05) is 7.05 Å². The molecule has 4 nitrogen and oxygen atoms in total. The van der Waals surface area contributed by atoms with Crippen molar-refractivity contribution >= 4 is 11.8 Å². The van der Waals surface area contributed by atoms with Gasteiger partial charge >= 0.3 is 0 Å². The maximum Gasteiger partial charge on any atom is 0.242 e. The van der Waals surface area contributed by atoms with E-state index in [0.29, 0.717) is 19.4 Å². The summed E-state index contributed by atoms with van der Waals surface area (Å²) in [5.74, 6) is -0.168. The molecule has 2 aromatic rings. The van der Waals surface area contributed by atoms with Crippen molar-refractivity contribution in [3.8, 4) is 0 Å². The molecule has 0 heterocycles. The van der Waals surface area contributed by atoms with Crippen LogP contribution in [0, 0.1) is 0 Å². The van der Waals surface area contributed by atoms with Crippen LogP contribution in [0.25, 0.3) is 0 Å². The van der Waals surface area contributed by atoms with Crippen LogP contribution >= 0.6 is 0 Å². The van der Waals surface area contributed by atoms with Crippen molar-refractivity contribution < 1.29 is 9.59 Å². The first kappa shape index (κ1) is 21.7. The second kappa shape index (κ2) is 9.54. The average Bonchev–Trinajstić information content (AvgIpc) is 2.69. The molecule has 0 aliphatic carbocycles. The minimum atomic E-state index is -0.513. The Kier molecular flexibility index (Phi) is 7.38. The van der Waals surface area contributed by atoms with E-state index in [9.17, 15) is 9.59 Å². The molecule has 1 unspecified atom stereocenters. The zero-order valence-electron chi connectivity index (χ0n) is 17.7. The molecule has 4 heteroatoms. The Labute approximate surface area is 169 Å². The fourth-order valence-corrected chi connectivity index (χ4v) is 3.14. The van der Waals surface area contributed by atoms with Gasteiger partial charge in [-0.2, -0.15) is 0 Å². The molecule has 0 aliphatic heterocycles. The minimum absolute atomic E-state index is 0.0140. The predicted molar refractivity (Wildman–Crippen MR) is 114 cm³/mol. The van der Waals surface area contributed by atoms with Gasteiger partial charge in [0.25, 0.3) is 0 Å². The van der Waals surface area contributed by atoms with Gasteiger partial charge in [0.1, 0.15) is 6.04 Å². The Morgan fingerprint density at radius 2 is 1.57 bits per heavy atom. The summed E-state index contributed by atoms with van der Waals surface area (Å²) in [6.45, 7) is 8.77. The van der Waals surface area contributed by atoms with Gasteiger partial charge in [0.15, 0.2) is 0 Å². The Bertz CT molecular complexity index is 777. The van der Waals surface area contributed by atoms with Crippen molar-refractivity contribution in [1.82, 2.24) is 10.2 Å². The number of nitrogens with one attached hydrogen (secondary N) is 1. The van der Waals surface area contributed by atoms with E-state index < -0.39 is 6.04 Å². The molecule has 2 amide bonds. The van der Waals surface area contributed by atoms with Crippen LogP contribution in [-0.4, -0.2) is 29.8 Å². The first-order valence-electron chi connectivity index (χ1n) is 9.87. The van der Waals surface area contributed by atoms with Crippen molar-refractivity contribution in [3.05, 3.63) is 71.3 Å². The third kappa shape index (κ3) is 5.95. The molecule has 0 aromatic heterocycles. The van der Waals surface area contributed by atoms with Gasteiger partial charge in [-0.15, -0.1) is 0 Å². The normalized spacial score (nSPS) is 12.3.